The maximum absolute atomic E-state index is 11.9. The van der Waals surface area contributed by atoms with Crippen LogP contribution in [0.3, 0.4) is 0 Å². The monoisotopic (exact) mass is 242 g/mol. The van der Waals surface area contributed by atoms with Crippen molar-refractivity contribution < 1.29 is 9.59 Å². The summed E-state index contributed by atoms with van der Waals surface area (Å²) in [6, 6.07) is -0.290. The molecule has 1 aliphatic rings. The lowest BCUT2D eigenvalue weighted by Gasteiger charge is -2.20. The smallest absolute Gasteiger partial charge is 0.324 e. The summed E-state index contributed by atoms with van der Waals surface area (Å²) >= 11 is 0. The van der Waals surface area contributed by atoms with Crippen LogP contribution in [0, 0.1) is 0 Å². The van der Waals surface area contributed by atoms with Gasteiger partial charge in [-0.05, 0) is 27.9 Å². The van der Waals surface area contributed by atoms with E-state index in [0.29, 0.717) is 13.1 Å². The zero-order valence-corrected chi connectivity index (χ0v) is 11.0. The van der Waals surface area contributed by atoms with E-state index in [1.807, 2.05) is 14.1 Å². The molecule has 1 fully saturated rings. The lowest BCUT2D eigenvalue weighted by molar-refractivity contribution is -0.130. The Morgan fingerprint density at radius 2 is 2.00 bits per heavy atom. The van der Waals surface area contributed by atoms with Crippen molar-refractivity contribution in [3.05, 3.63) is 0 Å². The van der Waals surface area contributed by atoms with Crippen molar-refractivity contribution in [2.24, 2.45) is 0 Å². The van der Waals surface area contributed by atoms with Gasteiger partial charge in [-0.1, -0.05) is 0 Å². The van der Waals surface area contributed by atoms with Crippen LogP contribution in [0.15, 0.2) is 0 Å². The molecule has 1 rings (SSSR count). The molecule has 3 amide bonds. The van der Waals surface area contributed by atoms with Crippen molar-refractivity contribution in [3.8, 4) is 0 Å². The summed E-state index contributed by atoms with van der Waals surface area (Å²) in [5.74, 6) is -0.149. The molecule has 0 aromatic rings. The lowest BCUT2D eigenvalue weighted by atomic mass is 10.1. The Balaban J connectivity index is 2.42. The van der Waals surface area contributed by atoms with E-state index >= 15 is 0 Å². The number of hydrogen-bond donors (Lipinski definition) is 2. The van der Waals surface area contributed by atoms with E-state index in [2.05, 4.69) is 15.5 Å². The maximum atomic E-state index is 11.9. The van der Waals surface area contributed by atoms with Crippen LogP contribution in [0.1, 0.15) is 13.8 Å². The molecular weight excluding hydrogens is 220 g/mol. The van der Waals surface area contributed by atoms with Crippen LogP contribution in [-0.4, -0.2) is 67.6 Å². The molecule has 0 radical (unpaired) electrons. The van der Waals surface area contributed by atoms with Gasteiger partial charge in [0.1, 0.15) is 5.54 Å². The molecule has 1 heterocycles. The first-order valence-corrected chi connectivity index (χ1v) is 5.85. The zero-order valence-electron chi connectivity index (χ0n) is 11.0. The van der Waals surface area contributed by atoms with Gasteiger partial charge in [-0.15, -0.1) is 0 Å². The number of imide groups is 1. The quantitative estimate of drug-likeness (QED) is 0.615. The van der Waals surface area contributed by atoms with Gasteiger partial charge in [0.15, 0.2) is 0 Å². The molecule has 6 nitrogen and oxygen atoms in total. The first-order chi connectivity index (χ1) is 7.88. The molecule has 0 unspecified atom stereocenters. The van der Waals surface area contributed by atoms with Gasteiger partial charge < -0.3 is 15.5 Å². The summed E-state index contributed by atoms with van der Waals surface area (Å²) in [5, 5.41) is 5.72. The Labute approximate surface area is 102 Å². The third-order valence-corrected chi connectivity index (χ3v) is 2.89. The average Bonchev–Trinajstić information content (AvgIpc) is 2.43. The van der Waals surface area contributed by atoms with E-state index < -0.39 is 5.54 Å². The van der Waals surface area contributed by atoms with Gasteiger partial charge in [-0.3, -0.25) is 9.69 Å². The molecule has 0 bridgehead atoms. The molecule has 0 atom stereocenters. The van der Waals surface area contributed by atoms with Crippen molar-refractivity contribution >= 4 is 11.9 Å². The first-order valence-electron chi connectivity index (χ1n) is 5.85. The van der Waals surface area contributed by atoms with Crippen LogP contribution >= 0.6 is 0 Å². The number of rotatable bonds is 6. The van der Waals surface area contributed by atoms with Crippen molar-refractivity contribution in [1.29, 1.82) is 0 Å². The van der Waals surface area contributed by atoms with Gasteiger partial charge in [0.2, 0.25) is 0 Å². The Hall–Kier alpha value is -1.14. The predicted molar refractivity (Wildman–Crippen MR) is 65.7 cm³/mol. The minimum atomic E-state index is -0.763. The highest BCUT2D eigenvalue weighted by Gasteiger charge is 2.43. The van der Waals surface area contributed by atoms with E-state index in [1.54, 1.807) is 13.8 Å². The highest BCUT2D eigenvalue weighted by Crippen LogP contribution is 2.15. The van der Waals surface area contributed by atoms with E-state index in [9.17, 15) is 9.59 Å². The molecule has 0 aromatic carbocycles. The normalized spacial score (nSPS) is 19.0. The summed E-state index contributed by atoms with van der Waals surface area (Å²) in [6.07, 6.45) is 0. The van der Waals surface area contributed by atoms with Crippen LogP contribution in [-0.2, 0) is 4.79 Å². The highest BCUT2D eigenvalue weighted by molar-refractivity contribution is 6.06. The molecular formula is C11H22N4O2. The summed E-state index contributed by atoms with van der Waals surface area (Å²) in [4.78, 5) is 26.8. The number of nitrogens with one attached hydrogen (secondary N) is 2. The van der Waals surface area contributed by atoms with E-state index in [0.717, 1.165) is 13.1 Å². The fraction of sp³-hybridized carbons (Fsp3) is 0.818. The minimum Gasteiger partial charge on any atom is -0.324 e. The van der Waals surface area contributed by atoms with Crippen molar-refractivity contribution in [2.75, 3.05) is 40.3 Å². The molecule has 98 valence electrons. The fourth-order valence-corrected chi connectivity index (χ4v) is 1.71. The second kappa shape index (κ2) is 5.46. The second-order valence-electron chi connectivity index (χ2n) is 4.92. The Morgan fingerprint density at radius 3 is 2.47 bits per heavy atom. The SMILES string of the molecule is CNCCN(C)CCN1C(=O)NC(C)(C)C1=O. The zero-order chi connectivity index (χ0) is 13.1. The molecule has 2 N–H and O–H groups in total. The molecule has 0 saturated carbocycles. The fourth-order valence-electron chi connectivity index (χ4n) is 1.71. The topological polar surface area (TPSA) is 64.7 Å². The Kier molecular flexibility index (Phi) is 4.47. The highest BCUT2D eigenvalue weighted by atomic mass is 16.2. The third kappa shape index (κ3) is 3.41. The van der Waals surface area contributed by atoms with Gasteiger partial charge in [0.25, 0.3) is 5.91 Å². The largest absolute Gasteiger partial charge is 0.325 e. The lowest BCUT2D eigenvalue weighted by Crippen LogP contribution is -2.42. The van der Waals surface area contributed by atoms with Gasteiger partial charge >= 0.3 is 6.03 Å². The van der Waals surface area contributed by atoms with Gasteiger partial charge in [0, 0.05) is 26.2 Å². The first kappa shape index (κ1) is 13.9. The third-order valence-electron chi connectivity index (χ3n) is 2.89. The number of nitrogens with zero attached hydrogens (tertiary/aromatic N) is 2. The molecule has 0 aromatic heterocycles. The Bertz CT molecular complexity index is 304. The Morgan fingerprint density at radius 1 is 1.35 bits per heavy atom. The number of carbonyl (C=O) groups excluding carboxylic acids is 2. The average molecular weight is 242 g/mol. The molecule has 6 heteroatoms. The van der Waals surface area contributed by atoms with Crippen molar-refractivity contribution in [3.63, 3.8) is 0 Å². The van der Waals surface area contributed by atoms with Gasteiger partial charge in [-0.25, -0.2) is 4.79 Å². The van der Waals surface area contributed by atoms with Crippen LogP contribution < -0.4 is 10.6 Å². The number of amides is 3. The summed E-state index contributed by atoms with van der Waals surface area (Å²) in [7, 11) is 3.87. The molecule has 0 spiro atoms. The van der Waals surface area contributed by atoms with E-state index in [4.69, 9.17) is 0 Å². The number of likely N-dealkylation sites (N-methyl/N-ethyl adjacent to an activating group) is 2. The summed E-state index contributed by atoms with van der Waals surface area (Å²) in [5.41, 5.74) is -0.763. The molecule has 1 saturated heterocycles. The maximum Gasteiger partial charge on any atom is 0.325 e. The van der Waals surface area contributed by atoms with Gasteiger partial charge in [0.05, 0.1) is 0 Å². The molecule has 17 heavy (non-hydrogen) atoms. The predicted octanol–water partition coefficient (Wildman–Crippen LogP) is -0.532. The van der Waals surface area contributed by atoms with Crippen LogP contribution in [0.4, 0.5) is 4.79 Å². The molecule has 0 aliphatic carbocycles. The summed E-state index contributed by atoms with van der Waals surface area (Å²) < 4.78 is 0. The van der Waals surface area contributed by atoms with Gasteiger partial charge in [-0.2, -0.15) is 0 Å². The van der Waals surface area contributed by atoms with Crippen molar-refractivity contribution in [1.82, 2.24) is 20.4 Å². The van der Waals surface area contributed by atoms with E-state index in [1.165, 1.54) is 4.90 Å². The molecule has 1 aliphatic heterocycles. The van der Waals surface area contributed by atoms with Crippen LogP contribution in [0.25, 0.3) is 0 Å². The van der Waals surface area contributed by atoms with Crippen LogP contribution in [0.5, 0.6) is 0 Å². The standard InChI is InChI=1S/C11H22N4O2/c1-11(2)9(16)15(10(17)13-11)8-7-14(4)6-5-12-3/h12H,5-8H2,1-4H3,(H,13,17). The van der Waals surface area contributed by atoms with Crippen molar-refractivity contribution in [2.45, 2.75) is 19.4 Å². The number of urea groups is 1. The van der Waals surface area contributed by atoms with Crippen LogP contribution in [0.2, 0.25) is 0 Å². The number of hydrogen-bond acceptors (Lipinski definition) is 4. The number of carbonyl (C=O) groups is 2. The van der Waals surface area contributed by atoms with E-state index in [-0.39, 0.29) is 11.9 Å². The minimum absolute atomic E-state index is 0.149. The second-order valence-corrected chi connectivity index (χ2v) is 4.92. The summed E-state index contributed by atoms with van der Waals surface area (Å²) in [6.45, 7) is 6.35.